The third kappa shape index (κ3) is 5.51. The average molecular weight is 591 g/mol. The first-order valence-electron chi connectivity index (χ1n) is 12.7. The minimum Gasteiger partial charge on any atom is -0.487 e. The van der Waals surface area contributed by atoms with Crippen LogP contribution in [0.4, 0.5) is 0 Å². The normalized spacial score (nSPS) is 11.0. The predicted octanol–water partition coefficient (Wildman–Crippen LogP) is 7.28. The van der Waals surface area contributed by atoms with Crippen LogP contribution < -0.4 is 15.5 Å². The molecule has 4 aromatic carbocycles. The number of nitrogens with zero attached hydrogens (tertiary/aromatic N) is 1. The SMILES string of the molecule is O=C(NCc1ccccc1)c1cc(Br)cc2c(=O)cc(-c3ccc(OCc4ccc5ccccc5n4)cc3)oc12. The first kappa shape index (κ1) is 25.5. The second kappa shape index (κ2) is 11.2. The molecule has 0 aliphatic heterocycles. The number of ether oxygens (including phenoxy) is 1. The van der Waals surface area contributed by atoms with Crippen molar-refractivity contribution < 1.29 is 13.9 Å². The van der Waals surface area contributed by atoms with E-state index < -0.39 is 0 Å². The number of aromatic nitrogens is 1. The highest BCUT2D eigenvalue weighted by Crippen LogP contribution is 2.29. The minimum absolute atomic E-state index is 0.235. The maximum atomic E-state index is 13.1. The van der Waals surface area contributed by atoms with Gasteiger partial charge in [0.2, 0.25) is 0 Å². The third-order valence-electron chi connectivity index (χ3n) is 6.52. The number of fused-ring (bicyclic) bond motifs is 2. The number of amides is 1. The average Bonchev–Trinajstić information content (AvgIpc) is 2.99. The molecule has 7 heteroatoms. The molecule has 0 spiro atoms. The fourth-order valence-corrected chi connectivity index (χ4v) is 4.93. The molecule has 6 rings (SSSR count). The third-order valence-corrected chi connectivity index (χ3v) is 6.97. The van der Waals surface area contributed by atoms with Crippen LogP contribution in [0.25, 0.3) is 33.2 Å². The summed E-state index contributed by atoms with van der Waals surface area (Å²) in [6.07, 6.45) is 0. The van der Waals surface area contributed by atoms with Gasteiger partial charge in [-0.25, -0.2) is 4.98 Å². The van der Waals surface area contributed by atoms with E-state index in [4.69, 9.17) is 9.15 Å². The molecule has 2 heterocycles. The Hall–Kier alpha value is -4.75. The van der Waals surface area contributed by atoms with Gasteiger partial charge in [0.1, 0.15) is 18.1 Å². The summed E-state index contributed by atoms with van der Waals surface area (Å²) >= 11 is 3.42. The van der Waals surface area contributed by atoms with Crippen molar-refractivity contribution in [2.45, 2.75) is 13.2 Å². The zero-order valence-electron chi connectivity index (χ0n) is 21.3. The second-order valence-electron chi connectivity index (χ2n) is 9.28. The van der Waals surface area contributed by atoms with E-state index in [-0.39, 0.29) is 22.5 Å². The summed E-state index contributed by atoms with van der Waals surface area (Å²) in [6.45, 7) is 0.680. The van der Waals surface area contributed by atoms with Crippen LogP contribution in [0.15, 0.2) is 123 Å². The number of nitrogens with one attached hydrogen (secondary N) is 1. The lowest BCUT2D eigenvalue weighted by atomic mass is 10.1. The Balaban J connectivity index is 1.23. The van der Waals surface area contributed by atoms with E-state index in [1.54, 1.807) is 12.1 Å². The van der Waals surface area contributed by atoms with Crippen LogP contribution >= 0.6 is 15.9 Å². The van der Waals surface area contributed by atoms with Crippen molar-refractivity contribution in [1.82, 2.24) is 10.3 Å². The molecule has 1 N–H and O–H groups in total. The number of pyridine rings is 1. The van der Waals surface area contributed by atoms with E-state index in [0.717, 1.165) is 22.2 Å². The highest BCUT2D eigenvalue weighted by atomic mass is 79.9. The van der Waals surface area contributed by atoms with Crippen molar-refractivity contribution in [3.05, 3.63) is 141 Å². The molecule has 196 valence electrons. The molecule has 0 radical (unpaired) electrons. The highest BCUT2D eigenvalue weighted by molar-refractivity contribution is 9.10. The molecule has 0 saturated carbocycles. The summed E-state index contributed by atoms with van der Waals surface area (Å²) in [6, 6.07) is 33.6. The summed E-state index contributed by atoms with van der Waals surface area (Å²) in [5.74, 6) is 0.688. The summed E-state index contributed by atoms with van der Waals surface area (Å²) < 4.78 is 12.7. The van der Waals surface area contributed by atoms with Crippen LogP contribution in [0.3, 0.4) is 0 Å². The van der Waals surface area contributed by atoms with Gasteiger partial charge in [-0.1, -0.05) is 70.5 Å². The molecule has 0 fully saturated rings. The first-order valence-corrected chi connectivity index (χ1v) is 13.5. The quantitative estimate of drug-likeness (QED) is 0.211. The molecule has 40 heavy (non-hydrogen) atoms. The number of hydrogen-bond donors (Lipinski definition) is 1. The molecule has 6 aromatic rings. The zero-order valence-corrected chi connectivity index (χ0v) is 22.9. The van der Waals surface area contributed by atoms with Gasteiger partial charge in [-0.2, -0.15) is 0 Å². The van der Waals surface area contributed by atoms with Gasteiger partial charge in [0.05, 0.1) is 22.2 Å². The molecule has 0 aliphatic rings. The van der Waals surface area contributed by atoms with Crippen molar-refractivity contribution in [3.8, 4) is 17.1 Å². The van der Waals surface area contributed by atoms with Crippen molar-refractivity contribution in [1.29, 1.82) is 0 Å². The van der Waals surface area contributed by atoms with Crippen LogP contribution in [0, 0.1) is 0 Å². The minimum atomic E-state index is -0.332. The summed E-state index contributed by atoms with van der Waals surface area (Å²) in [5.41, 5.74) is 3.68. The maximum Gasteiger partial charge on any atom is 0.255 e. The molecular formula is C33H23BrN2O4. The van der Waals surface area contributed by atoms with E-state index in [9.17, 15) is 9.59 Å². The van der Waals surface area contributed by atoms with Gasteiger partial charge in [0.15, 0.2) is 11.0 Å². The Morgan fingerprint density at radius 3 is 2.48 bits per heavy atom. The smallest absolute Gasteiger partial charge is 0.255 e. The Morgan fingerprint density at radius 2 is 1.65 bits per heavy atom. The van der Waals surface area contributed by atoms with Crippen molar-refractivity contribution in [2.24, 2.45) is 0 Å². The zero-order chi connectivity index (χ0) is 27.5. The van der Waals surface area contributed by atoms with Gasteiger partial charge in [-0.15, -0.1) is 0 Å². The van der Waals surface area contributed by atoms with Crippen LogP contribution in [-0.2, 0) is 13.2 Å². The topological polar surface area (TPSA) is 81.4 Å². The Morgan fingerprint density at radius 1 is 0.875 bits per heavy atom. The van der Waals surface area contributed by atoms with Gasteiger partial charge in [-0.05, 0) is 54.1 Å². The van der Waals surface area contributed by atoms with Gasteiger partial charge >= 0.3 is 0 Å². The Labute approximate surface area is 238 Å². The molecule has 0 aliphatic carbocycles. The van der Waals surface area contributed by atoms with Crippen LogP contribution in [0.2, 0.25) is 0 Å². The monoisotopic (exact) mass is 590 g/mol. The molecule has 0 saturated heterocycles. The van der Waals surface area contributed by atoms with Crippen LogP contribution in [0.5, 0.6) is 5.75 Å². The van der Waals surface area contributed by atoms with Gasteiger partial charge < -0.3 is 14.5 Å². The van der Waals surface area contributed by atoms with E-state index in [2.05, 4.69) is 26.2 Å². The lowest BCUT2D eigenvalue weighted by Crippen LogP contribution is -2.23. The highest BCUT2D eigenvalue weighted by Gasteiger charge is 2.17. The number of rotatable bonds is 7. The predicted molar refractivity (Wildman–Crippen MR) is 159 cm³/mol. The van der Waals surface area contributed by atoms with E-state index in [1.165, 1.54) is 6.07 Å². The first-order chi connectivity index (χ1) is 19.5. The molecule has 6 nitrogen and oxygen atoms in total. The molecule has 0 unspecified atom stereocenters. The van der Waals surface area contributed by atoms with E-state index in [1.807, 2.05) is 91.0 Å². The van der Waals surface area contributed by atoms with Crippen LogP contribution in [0.1, 0.15) is 21.6 Å². The fraction of sp³-hybridized carbons (Fsp3) is 0.0606. The lowest BCUT2D eigenvalue weighted by molar-refractivity contribution is 0.0951. The van der Waals surface area contributed by atoms with Gasteiger partial charge in [-0.3, -0.25) is 9.59 Å². The van der Waals surface area contributed by atoms with Crippen molar-refractivity contribution in [2.75, 3.05) is 0 Å². The van der Waals surface area contributed by atoms with Crippen LogP contribution in [-0.4, -0.2) is 10.9 Å². The van der Waals surface area contributed by atoms with E-state index >= 15 is 0 Å². The lowest BCUT2D eigenvalue weighted by Gasteiger charge is -2.11. The number of halogens is 1. The number of carbonyl (C=O) groups excluding carboxylic acids is 1. The molecule has 0 bridgehead atoms. The Bertz CT molecular complexity index is 1900. The fourth-order valence-electron chi connectivity index (χ4n) is 4.47. The number of para-hydroxylation sites is 1. The number of carbonyl (C=O) groups is 1. The Kier molecular flexibility index (Phi) is 7.12. The summed E-state index contributed by atoms with van der Waals surface area (Å²) in [4.78, 5) is 30.8. The summed E-state index contributed by atoms with van der Waals surface area (Å²) in [7, 11) is 0. The molecule has 2 aromatic heterocycles. The summed E-state index contributed by atoms with van der Waals surface area (Å²) in [5, 5.41) is 4.32. The standard InChI is InChI=1S/C33H23BrN2O4/c34-24-16-27-30(37)18-31(40-32(27)28(17-24)33(38)35-19-21-6-2-1-3-7-21)23-11-14-26(15-12-23)39-20-25-13-10-22-8-4-5-9-29(22)36-25/h1-18H,19-20H2,(H,35,38). The van der Waals surface area contributed by atoms with Gasteiger partial charge in [0.25, 0.3) is 5.91 Å². The molecule has 1 amide bonds. The van der Waals surface area contributed by atoms with Crippen molar-refractivity contribution in [3.63, 3.8) is 0 Å². The maximum absolute atomic E-state index is 13.1. The van der Waals surface area contributed by atoms with Gasteiger partial charge in [0, 0.05) is 28.0 Å². The number of hydrogen-bond acceptors (Lipinski definition) is 5. The molecular weight excluding hydrogens is 568 g/mol. The largest absolute Gasteiger partial charge is 0.487 e. The van der Waals surface area contributed by atoms with Crippen molar-refractivity contribution >= 4 is 43.7 Å². The van der Waals surface area contributed by atoms with E-state index in [0.29, 0.717) is 40.1 Å². The number of benzene rings is 4. The molecule has 0 atom stereocenters. The second-order valence-corrected chi connectivity index (χ2v) is 10.2.